The molecule has 0 aromatic heterocycles. The van der Waals surface area contributed by atoms with E-state index >= 15 is 0 Å². The highest BCUT2D eigenvalue weighted by molar-refractivity contribution is 6.30. The van der Waals surface area contributed by atoms with Crippen molar-refractivity contribution >= 4 is 17.7 Å². The molecule has 0 atom stereocenters. The normalized spacial score (nSPS) is 16.5. The molecule has 1 aliphatic rings. The zero-order valence-electron chi connectivity index (χ0n) is 16.1. The van der Waals surface area contributed by atoms with E-state index in [4.69, 9.17) is 21.4 Å². The highest BCUT2D eigenvalue weighted by Crippen LogP contribution is 2.22. The van der Waals surface area contributed by atoms with Gasteiger partial charge in [-0.15, -0.1) is 0 Å². The van der Waals surface area contributed by atoms with E-state index in [1.54, 1.807) is 4.90 Å². The van der Waals surface area contributed by atoms with Crippen LogP contribution in [0.4, 0.5) is 4.79 Å². The quantitative estimate of drug-likeness (QED) is 0.810. The van der Waals surface area contributed by atoms with Crippen LogP contribution in [0.1, 0.15) is 45.6 Å². The van der Waals surface area contributed by atoms with Gasteiger partial charge in [0.25, 0.3) is 0 Å². The number of ether oxygens (including phenoxy) is 1. The van der Waals surface area contributed by atoms with Gasteiger partial charge in [-0.2, -0.15) is 0 Å². The first kappa shape index (κ1) is 21.0. The molecule has 1 fully saturated rings. The number of rotatable bonds is 6. The maximum atomic E-state index is 12.6. The van der Waals surface area contributed by atoms with Crippen LogP contribution in [0, 0.1) is 0 Å². The van der Waals surface area contributed by atoms with Crippen LogP contribution < -0.4 is 0 Å². The third-order valence-corrected chi connectivity index (χ3v) is 4.75. The maximum Gasteiger partial charge on any atom is 0.410 e. The number of aliphatic hydroxyl groups is 1. The number of hydrogen-bond donors (Lipinski definition) is 1. The minimum absolute atomic E-state index is 0.0781. The Hall–Kier alpha value is -1.30. The molecule has 0 saturated carbocycles. The number of hydrogen-bond acceptors (Lipinski definition) is 4. The molecule has 5 nitrogen and oxygen atoms in total. The van der Waals surface area contributed by atoms with Crippen molar-refractivity contribution < 1.29 is 14.6 Å². The molecule has 1 heterocycles. The molecule has 146 valence electrons. The Balaban J connectivity index is 1.90. The Labute approximate surface area is 161 Å². The van der Waals surface area contributed by atoms with Crippen LogP contribution in [-0.2, 0) is 11.3 Å². The SMILES string of the molecule is CC(C)(C)OC(=O)N(CCCO)C1CCN(Cc2ccc(Cl)cc2)CC1. The molecule has 1 aliphatic heterocycles. The lowest BCUT2D eigenvalue weighted by molar-refractivity contribution is 0.00655. The highest BCUT2D eigenvalue weighted by Gasteiger charge is 2.30. The van der Waals surface area contributed by atoms with E-state index in [1.165, 1.54) is 5.56 Å². The van der Waals surface area contributed by atoms with Crippen LogP contribution in [0.25, 0.3) is 0 Å². The van der Waals surface area contributed by atoms with Gasteiger partial charge in [0.05, 0.1) is 0 Å². The lowest BCUT2D eigenvalue weighted by Gasteiger charge is -2.39. The number of aliphatic hydroxyl groups excluding tert-OH is 1. The monoisotopic (exact) mass is 382 g/mol. The Kier molecular flexibility index (Phi) is 7.74. The van der Waals surface area contributed by atoms with Crippen molar-refractivity contribution in [2.24, 2.45) is 0 Å². The van der Waals surface area contributed by atoms with Crippen LogP contribution in [0.15, 0.2) is 24.3 Å². The molecule has 0 aliphatic carbocycles. The molecule has 0 radical (unpaired) electrons. The van der Waals surface area contributed by atoms with Gasteiger partial charge in [0, 0.05) is 43.9 Å². The van der Waals surface area contributed by atoms with E-state index < -0.39 is 5.60 Å². The van der Waals surface area contributed by atoms with Gasteiger partial charge in [-0.3, -0.25) is 4.90 Å². The number of benzene rings is 1. The van der Waals surface area contributed by atoms with Gasteiger partial charge in [-0.25, -0.2) is 4.79 Å². The third kappa shape index (κ3) is 6.78. The average molecular weight is 383 g/mol. The van der Waals surface area contributed by atoms with Gasteiger partial charge in [0.15, 0.2) is 0 Å². The van der Waals surface area contributed by atoms with E-state index in [9.17, 15) is 4.79 Å². The second-order valence-electron chi connectivity index (χ2n) is 7.88. The second kappa shape index (κ2) is 9.58. The average Bonchev–Trinajstić information content (AvgIpc) is 2.57. The molecule has 1 N–H and O–H groups in total. The predicted octanol–water partition coefficient (Wildman–Crippen LogP) is 3.92. The Morgan fingerprint density at radius 3 is 2.42 bits per heavy atom. The molecule has 2 rings (SSSR count). The Morgan fingerprint density at radius 2 is 1.88 bits per heavy atom. The molecule has 1 amide bonds. The van der Waals surface area contributed by atoms with Crippen molar-refractivity contribution in [1.29, 1.82) is 0 Å². The number of halogens is 1. The summed E-state index contributed by atoms with van der Waals surface area (Å²) in [5, 5.41) is 9.91. The van der Waals surface area contributed by atoms with Crippen molar-refractivity contribution in [3.63, 3.8) is 0 Å². The van der Waals surface area contributed by atoms with Gasteiger partial charge in [0.1, 0.15) is 5.60 Å². The van der Waals surface area contributed by atoms with Crippen LogP contribution in [0.2, 0.25) is 5.02 Å². The van der Waals surface area contributed by atoms with Crippen molar-refractivity contribution in [3.05, 3.63) is 34.9 Å². The van der Waals surface area contributed by atoms with Crippen molar-refractivity contribution in [3.8, 4) is 0 Å². The summed E-state index contributed by atoms with van der Waals surface area (Å²) in [5.41, 5.74) is 0.737. The summed E-state index contributed by atoms with van der Waals surface area (Å²) in [5.74, 6) is 0. The van der Waals surface area contributed by atoms with Gasteiger partial charge in [-0.05, 0) is 57.7 Å². The van der Waals surface area contributed by atoms with Crippen molar-refractivity contribution in [2.75, 3.05) is 26.2 Å². The summed E-state index contributed by atoms with van der Waals surface area (Å²) in [6.07, 6.45) is 2.13. The molecular formula is C20H31ClN2O3. The van der Waals surface area contributed by atoms with E-state index in [0.29, 0.717) is 13.0 Å². The van der Waals surface area contributed by atoms with Crippen LogP contribution in [-0.4, -0.2) is 58.9 Å². The first-order valence-corrected chi connectivity index (χ1v) is 9.73. The fourth-order valence-electron chi connectivity index (χ4n) is 3.22. The topological polar surface area (TPSA) is 53.0 Å². The van der Waals surface area contributed by atoms with Crippen LogP contribution in [0.5, 0.6) is 0 Å². The van der Waals surface area contributed by atoms with Crippen LogP contribution in [0.3, 0.4) is 0 Å². The molecule has 6 heteroatoms. The largest absolute Gasteiger partial charge is 0.444 e. The lowest BCUT2D eigenvalue weighted by atomic mass is 10.0. The minimum atomic E-state index is -0.510. The molecule has 0 unspecified atom stereocenters. The molecule has 1 aromatic carbocycles. The predicted molar refractivity (Wildman–Crippen MR) is 104 cm³/mol. The zero-order valence-corrected chi connectivity index (χ0v) is 16.8. The molecule has 0 bridgehead atoms. The first-order chi connectivity index (χ1) is 12.3. The smallest absolute Gasteiger partial charge is 0.410 e. The summed E-state index contributed by atoms with van der Waals surface area (Å²) >= 11 is 5.94. The number of nitrogens with zero attached hydrogens (tertiary/aromatic N) is 2. The highest BCUT2D eigenvalue weighted by atomic mass is 35.5. The van der Waals surface area contributed by atoms with Gasteiger partial charge in [0.2, 0.25) is 0 Å². The molecule has 1 saturated heterocycles. The summed E-state index contributed by atoms with van der Waals surface area (Å²) in [6.45, 7) is 9.02. The number of piperidine rings is 1. The van der Waals surface area contributed by atoms with E-state index in [-0.39, 0.29) is 18.7 Å². The summed E-state index contributed by atoms with van der Waals surface area (Å²) in [4.78, 5) is 16.8. The molecule has 1 aromatic rings. The maximum absolute atomic E-state index is 12.6. The van der Waals surface area contributed by atoms with E-state index in [0.717, 1.165) is 37.5 Å². The fraction of sp³-hybridized carbons (Fsp3) is 0.650. The standard InChI is InChI=1S/C20H31ClN2O3/c1-20(2,3)26-19(25)23(11-4-14-24)18-9-12-22(13-10-18)15-16-5-7-17(21)8-6-16/h5-8,18,24H,4,9-15H2,1-3H3. The Morgan fingerprint density at radius 1 is 1.27 bits per heavy atom. The minimum Gasteiger partial charge on any atom is -0.444 e. The third-order valence-electron chi connectivity index (χ3n) is 4.50. The zero-order chi connectivity index (χ0) is 19.2. The summed E-state index contributed by atoms with van der Waals surface area (Å²) in [7, 11) is 0. The second-order valence-corrected chi connectivity index (χ2v) is 8.32. The van der Waals surface area contributed by atoms with E-state index in [2.05, 4.69) is 17.0 Å². The Bertz CT molecular complexity index is 563. The molecule has 0 spiro atoms. The number of amides is 1. The molecule has 26 heavy (non-hydrogen) atoms. The van der Waals surface area contributed by atoms with Crippen molar-refractivity contribution in [1.82, 2.24) is 9.80 Å². The van der Waals surface area contributed by atoms with Crippen molar-refractivity contribution in [2.45, 2.75) is 58.2 Å². The van der Waals surface area contributed by atoms with Gasteiger partial charge in [-0.1, -0.05) is 23.7 Å². The number of carbonyl (C=O) groups is 1. The fourth-order valence-corrected chi connectivity index (χ4v) is 3.35. The van der Waals surface area contributed by atoms with E-state index in [1.807, 2.05) is 32.9 Å². The van der Waals surface area contributed by atoms with Gasteiger partial charge < -0.3 is 14.7 Å². The van der Waals surface area contributed by atoms with Crippen LogP contribution >= 0.6 is 11.6 Å². The summed E-state index contributed by atoms with van der Waals surface area (Å²) in [6, 6.07) is 8.12. The number of likely N-dealkylation sites (tertiary alicyclic amines) is 1. The lowest BCUT2D eigenvalue weighted by Crippen LogP contribution is -2.49. The molecular weight excluding hydrogens is 352 g/mol. The van der Waals surface area contributed by atoms with Gasteiger partial charge >= 0.3 is 6.09 Å². The number of carbonyl (C=O) groups excluding carboxylic acids is 1. The first-order valence-electron chi connectivity index (χ1n) is 9.36. The summed E-state index contributed by atoms with van der Waals surface area (Å²) < 4.78 is 5.56.